The molecule has 27 heavy (non-hydrogen) atoms. The van der Waals surface area contributed by atoms with Crippen LogP contribution in [0, 0.1) is 28.6 Å². The van der Waals surface area contributed by atoms with E-state index in [2.05, 4.69) is 31.2 Å². The molecule has 0 radical (unpaired) electrons. The summed E-state index contributed by atoms with van der Waals surface area (Å²) in [7, 11) is 1.74. The van der Waals surface area contributed by atoms with Crippen LogP contribution >= 0.6 is 0 Å². The first-order valence-electron chi connectivity index (χ1n) is 10.2. The molecule has 0 amide bonds. The van der Waals surface area contributed by atoms with Crippen molar-refractivity contribution in [3.8, 4) is 0 Å². The zero-order valence-electron chi connectivity index (χ0n) is 16.8. The Morgan fingerprint density at radius 1 is 1.30 bits per heavy atom. The molecule has 2 saturated carbocycles. The van der Waals surface area contributed by atoms with E-state index in [-0.39, 0.29) is 22.9 Å². The number of rotatable bonds is 2. The molecule has 3 unspecified atom stereocenters. The quantitative estimate of drug-likeness (QED) is 0.441. The van der Waals surface area contributed by atoms with Gasteiger partial charge in [0.2, 0.25) is 0 Å². The number of esters is 1. The molecule has 0 aromatic rings. The highest BCUT2D eigenvalue weighted by molar-refractivity contribution is 5.92. The highest BCUT2D eigenvalue weighted by Gasteiger charge is 2.62. The predicted octanol–water partition coefficient (Wildman–Crippen LogP) is 4.46. The number of carbonyl (C=O) groups is 1. The van der Waals surface area contributed by atoms with Gasteiger partial charge in [-0.1, -0.05) is 25.1 Å². The van der Waals surface area contributed by atoms with Gasteiger partial charge in [0.15, 0.2) is 0 Å². The summed E-state index contributed by atoms with van der Waals surface area (Å²) in [4.78, 5) is 11.9. The van der Waals surface area contributed by atoms with E-state index in [0.717, 1.165) is 50.0 Å². The van der Waals surface area contributed by atoms with Gasteiger partial charge in [-0.05, 0) is 61.0 Å². The standard InChI is InChI=1S/C22H31NO4/c1-13(24)27-18-12-22(3)17(7-8-19(22)23-25)16-6-5-14-11-15(26-4)9-10-21(14,2)20(16)18/h5,11,16-18,20,25H,6-10,12H2,1-4H3/t16?,17?,18-,20?,21-,22-/m0/s1. The average Bonchev–Trinajstić information content (AvgIpc) is 2.96. The molecule has 6 atom stereocenters. The summed E-state index contributed by atoms with van der Waals surface area (Å²) in [5.74, 6) is 2.04. The third-order valence-corrected chi connectivity index (χ3v) is 8.09. The van der Waals surface area contributed by atoms with Crippen LogP contribution in [0.15, 0.2) is 28.6 Å². The minimum Gasteiger partial charge on any atom is -0.501 e. The summed E-state index contributed by atoms with van der Waals surface area (Å²) in [6.07, 6.45) is 10.0. The molecule has 5 heteroatoms. The van der Waals surface area contributed by atoms with Crippen molar-refractivity contribution >= 4 is 11.7 Å². The third kappa shape index (κ3) is 2.65. The summed E-state index contributed by atoms with van der Waals surface area (Å²) in [5.41, 5.74) is 2.03. The van der Waals surface area contributed by atoms with E-state index in [1.165, 1.54) is 12.5 Å². The van der Waals surface area contributed by atoms with Crippen molar-refractivity contribution in [2.45, 2.75) is 65.4 Å². The summed E-state index contributed by atoms with van der Waals surface area (Å²) < 4.78 is 11.5. The monoisotopic (exact) mass is 373 g/mol. The molecule has 0 bridgehead atoms. The van der Waals surface area contributed by atoms with E-state index < -0.39 is 0 Å². The lowest BCUT2D eigenvalue weighted by Gasteiger charge is -2.58. The Hall–Kier alpha value is -1.78. The number of nitrogens with zero attached hydrogens (tertiary/aromatic N) is 1. The molecular weight excluding hydrogens is 342 g/mol. The molecule has 4 rings (SSSR count). The van der Waals surface area contributed by atoms with Crippen molar-refractivity contribution < 1.29 is 19.5 Å². The topological polar surface area (TPSA) is 68.1 Å². The smallest absolute Gasteiger partial charge is 0.302 e. The maximum Gasteiger partial charge on any atom is 0.302 e. The number of carbonyl (C=O) groups excluding carboxylic acids is 1. The fourth-order valence-electron chi connectivity index (χ4n) is 6.84. The van der Waals surface area contributed by atoms with Gasteiger partial charge in [-0.15, -0.1) is 0 Å². The molecule has 1 N–H and O–H groups in total. The van der Waals surface area contributed by atoms with Gasteiger partial charge in [-0.25, -0.2) is 0 Å². The maximum atomic E-state index is 11.9. The van der Waals surface area contributed by atoms with Crippen LogP contribution in [0.4, 0.5) is 0 Å². The molecular formula is C22H31NO4. The van der Waals surface area contributed by atoms with Gasteiger partial charge < -0.3 is 14.7 Å². The Morgan fingerprint density at radius 3 is 2.74 bits per heavy atom. The fourth-order valence-corrected chi connectivity index (χ4v) is 6.84. The zero-order chi connectivity index (χ0) is 19.4. The van der Waals surface area contributed by atoms with Crippen molar-refractivity contribution in [3.05, 3.63) is 23.5 Å². The summed E-state index contributed by atoms with van der Waals surface area (Å²) in [5, 5.41) is 13.2. The Labute approximate surface area is 161 Å². The van der Waals surface area contributed by atoms with Crippen molar-refractivity contribution in [1.29, 1.82) is 0 Å². The first-order chi connectivity index (χ1) is 12.8. The van der Waals surface area contributed by atoms with Crippen LogP contribution in [0.5, 0.6) is 0 Å². The van der Waals surface area contributed by atoms with E-state index in [9.17, 15) is 10.0 Å². The van der Waals surface area contributed by atoms with Crippen LogP contribution in [-0.4, -0.2) is 30.1 Å². The van der Waals surface area contributed by atoms with Crippen molar-refractivity contribution in [3.63, 3.8) is 0 Å². The molecule has 2 fully saturated rings. The number of allylic oxidation sites excluding steroid dienone is 4. The molecule has 0 spiro atoms. The number of fused-ring (bicyclic) bond motifs is 5. The largest absolute Gasteiger partial charge is 0.501 e. The van der Waals surface area contributed by atoms with Crippen molar-refractivity contribution in [2.24, 2.45) is 33.7 Å². The second kappa shape index (κ2) is 6.39. The number of oxime groups is 1. The Bertz CT molecular complexity index is 739. The number of methoxy groups -OCH3 is 1. The molecule has 0 saturated heterocycles. The lowest BCUT2D eigenvalue weighted by molar-refractivity contribution is -0.166. The van der Waals surface area contributed by atoms with Crippen molar-refractivity contribution in [2.75, 3.05) is 7.11 Å². The fraction of sp³-hybridized carbons (Fsp3) is 0.727. The third-order valence-electron chi connectivity index (χ3n) is 8.09. The lowest BCUT2D eigenvalue weighted by atomic mass is 9.47. The van der Waals surface area contributed by atoms with Crippen LogP contribution in [-0.2, 0) is 14.3 Å². The highest BCUT2D eigenvalue weighted by atomic mass is 16.5. The summed E-state index contributed by atoms with van der Waals surface area (Å²) >= 11 is 0. The zero-order valence-corrected chi connectivity index (χ0v) is 16.8. The van der Waals surface area contributed by atoms with Crippen molar-refractivity contribution in [1.82, 2.24) is 0 Å². The minimum atomic E-state index is -0.218. The minimum absolute atomic E-state index is 0.00843. The summed E-state index contributed by atoms with van der Waals surface area (Å²) in [6, 6.07) is 0. The molecule has 4 aliphatic carbocycles. The summed E-state index contributed by atoms with van der Waals surface area (Å²) in [6.45, 7) is 6.05. The van der Waals surface area contributed by atoms with Crippen LogP contribution in [0.3, 0.4) is 0 Å². The van der Waals surface area contributed by atoms with Gasteiger partial charge in [0, 0.05) is 24.7 Å². The van der Waals surface area contributed by atoms with E-state index in [1.807, 2.05) is 0 Å². The van der Waals surface area contributed by atoms with Crippen LogP contribution in [0.1, 0.15) is 59.3 Å². The van der Waals surface area contributed by atoms with E-state index in [0.29, 0.717) is 17.8 Å². The maximum absolute atomic E-state index is 11.9. The molecule has 0 aliphatic heterocycles. The number of hydrogen-bond donors (Lipinski definition) is 1. The van der Waals surface area contributed by atoms with Gasteiger partial charge in [-0.3, -0.25) is 4.79 Å². The predicted molar refractivity (Wildman–Crippen MR) is 102 cm³/mol. The molecule has 0 aromatic heterocycles. The van der Waals surface area contributed by atoms with Gasteiger partial charge >= 0.3 is 5.97 Å². The van der Waals surface area contributed by atoms with Gasteiger partial charge in [0.1, 0.15) is 6.10 Å². The van der Waals surface area contributed by atoms with Crippen LogP contribution in [0.2, 0.25) is 0 Å². The molecule has 4 aliphatic rings. The lowest BCUT2D eigenvalue weighted by Crippen LogP contribution is -2.56. The van der Waals surface area contributed by atoms with E-state index in [1.54, 1.807) is 7.11 Å². The highest BCUT2D eigenvalue weighted by Crippen LogP contribution is 2.64. The normalized spacial score (nSPS) is 44.5. The molecule has 0 aromatic carbocycles. The van der Waals surface area contributed by atoms with Crippen LogP contribution < -0.4 is 0 Å². The Kier molecular flexibility index (Phi) is 4.39. The molecule has 5 nitrogen and oxygen atoms in total. The van der Waals surface area contributed by atoms with Gasteiger partial charge in [-0.2, -0.15) is 0 Å². The first kappa shape index (κ1) is 18.6. The second-order valence-electron chi connectivity index (χ2n) is 9.28. The van der Waals surface area contributed by atoms with E-state index >= 15 is 0 Å². The first-order valence-corrected chi connectivity index (χ1v) is 10.2. The van der Waals surface area contributed by atoms with Gasteiger partial charge in [0.25, 0.3) is 0 Å². The average molecular weight is 373 g/mol. The molecule has 0 heterocycles. The number of ether oxygens (including phenoxy) is 2. The second-order valence-corrected chi connectivity index (χ2v) is 9.28. The number of hydrogen-bond acceptors (Lipinski definition) is 5. The van der Waals surface area contributed by atoms with Crippen LogP contribution in [0.25, 0.3) is 0 Å². The van der Waals surface area contributed by atoms with E-state index in [4.69, 9.17) is 9.47 Å². The Morgan fingerprint density at radius 2 is 2.07 bits per heavy atom. The Balaban J connectivity index is 1.79. The molecule has 148 valence electrons. The SMILES string of the molecule is COC1=CC2=CCC3C([C@@H](OC(C)=O)C[C@]4(C)C(=NO)CCC34)[C@@]2(C)CC1. The van der Waals surface area contributed by atoms with Gasteiger partial charge in [0.05, 0.1) is 18.6 Å².